The fourth-order valence-corrected chi connectivity index (χ4v) is 6.66. The summed E-state index contributed by atoms with van der Waals surface area (Å²) < 4.78 is 44.8. The number of rotatable bonds is 6. The van der Waals surface area contributed by atoms with E-state index in [1.54, 1.807) is 19.2 Å². The van der Waals surface area contributed by atoms with E-state index >= 15 is 0 Å². The van der Waals surface area contributed by atoms with Crippen LogP contribution in [0.5, 0.6) is 0 Å². The molecule has 7 heteroatoms. The molecular weight excluding hydrogens is 403 g/mol. The lowest BCUT2D eigenvalue weighted by molar-refractivity contribution is 0.0885. The third-order valence-corrected chi connectivity index (χ3v) is 8.63. The first-order valence-corrected chi connectivity index (χ1v) is 12.1. The summed E-state index contributed by atoms with van der Waals surface area (Å²) in [5.74, 6) is -0.214. The summed E-state index contributed by atoms with van der Waals surface area (Å²) >= 11 is 0. The molecule has 0 bridgehead atoms. The Morgan fingerprint density at radius 1 is 1.03 bits per heavy atom. The molecule has 2 aliphatic heterocycles. The number of sulfone groups is 1. The largest absolute Gasteiger partial charge is 0.377 e. The number of hydrogen-bond donors (Lipinski definition) is 0. The quantitative estimate of drug-likeness (QED) is 0.697. The van der Waals surface area contributed by atoms with Crippen LogP contribution in [0.25, 0.3) is 0 Å². The summed E-state index contributed by atoms with van der Waals surface area (Å²) in [5, 5.41) is -0.391. The van der Waals surface area contributed by atoms with Gasteiger partial charge in [0.2, 0.25) is 0 Å². The molecule has 0 amide bonds. The minimum absolute atomic E-state index is 0.158. The van der Waals surface area contributed by atoms with Crippen LogP contribution in [0.4, 0.5) is 10.1 Å². The number of halogens is 1. The highest BCUT2D eigenvalue weighted by atomic mass is 32.2. The molecule has 2 aromatic rings. The molecular formula is C23H29FN2O3S. The Kier molecular flexibility index (Phi) is 6.41. The Balaban J connectivity index is 1.30. The van der Waals surface area contributed by atoms with Gasteiger partial charge in [0.05, 0.1) is 16.2 Å². The molecule has 30 heavy (non-hydrogen) atoms. The molecule has 2 atom stereocenters. The molecule has 0 aliphatic carbocycles. The van der Waals surface area contributed by atoms with Gasteiger partial charge in [-0.05, 0) is 61.7 Å². The van der Waals surface area contributed by atoms with Crippen molar-refractivity contribution in [3.8, 4) is 0 Å². The highest BCUT2D eigenvalue weighted by Crippen LogP contribution is 2.39. The van der Waals surface area contributed by atoms with Crippen molar-refractivity contribution in [2.24, 2.45) is 0 Å². The van der Waals surface area contributed by atoms with Gasteiger partial charge in [-0.25, -0.2) is 12.8 Å². The molecule has 1 saturated heterocycles. The van der Waals surface area contributed by atoms with Crippen molar-refractivity contribution in [2.45, 2.75) is 35.5 Å². The van der Waals surface area contributed by atoms with E-state index in [9.17, 15) is 12.8 Å². The number of nitrogens with zero attached hydrogens (tertiary/aromatic N) is 2. The predicted molar refractivity (Wildman–Crippen MR) is 116 cm³/mol. The van der Waals surface area contributed by atoms with Crippen LogP contribution in [-0.4, -0.2) is 58.4 Å². The van der Waals surface area contributed by atoms with E-state index in [4.69, 9.17) is 4.74 Å². The van der Waals surface area contributed by atoms with Crippen LogP contribution in [0.3, 0.4) is 0 Å². The molecule has 162 valence electrons. The molecule has 2 aromatic carbocycles. The second kappa shape index (κ2) is 9.04. The van der Waals surface area contributed by atoms with Gasteiger partial charge < -0.3 is 9.64 Å². The van der Waals surface area contributed by atoms with Gasteiger partial charge in [0.25, 0.3) is 0 Å². The Bertz CT molecular complexity index is 957. The average molecular weight is 433 g/mol. The molecule has 0 aromatic heterocycles. The number of piperazine rings is 1. The van der Waals surface area contributed by atoms with Crippen LogP contribution in [0.1, 0.15) is 30.9 Å². The van der Waals surface area contributed by atoms with Gasteiger partial charge in [0.1, 0.15) is 5.82 Å². The van der Waals surface area contributed by atoms with Gasteiger partial charge >= 0.3 is 0 Å². The van der Waals surface area contributed by atoms with Crippen LogP contribution in [0, 0.1) is 5.82 Å². The molecule has 0 saturated carbocycles. The average Bonchev–Trinajstić information content (AvgIpc) is 2.76. The van der Waals surface area contributed by atoms with Crippen molar-refractivity contribution in [1.82, 2.24) is 4.90 Å². The second-order valence-corrected chi connectivity index (χ2v) is 10.3. The summed E-state index contributed by atoms with van der Waals surface area (Å²) in [4.78, 5) is 5.08. The van der Waals surface area contributed by atoms with Crippen LogP contribution >= 0.6 is 0 Å². The normalized spacial score (nSPS) is 23.9. The standard InChI is InChI=1S/C23H29FN2O3S/c1-29-22-17-20(30(27,28)23-7-3-2-6-21(22)23)5-4-12-25-13-15-26(16-14-25)19-10-8-18(24)9-11-19/h2-3,6-11,20,22H,4-5,12-17H2,1H3. The number of fused-ring (bicyclic) bond motifs is 1. The summed E-state index contributed by atoms with van der Waals surface area (Å²) in [7, 11) is -1.66. The first kappa shape index (κ1) is 21.3. The summed E-state index contributed by atoms with van der Waals surface area (Å²) in [6, 6.07) is 13.9. The van der Waals surface area contributed by atoms with Gasteiger partial charge in [0, 0.05) is 39.0 Å². The molecule has 1 fully saturated rings. The smallest absolute Gasteiger partial charge is 0.181 e. The highest BCUT2D eigenvalue weighted by Gasteiger charge is 2.38. The van der Waals surface area contributed by atoms with Gasteiger partial charge in [-0.15, -0.1) is 0 Å². The molecule has 2 aliphatic rings. The highest BCUT2D eigenvalue weighted by molar-refractivity contribution is 7.92. The maximum Gasteiger partial charge on any atom is 0.181 e. The number of ether oxygens (including phenoxy) is 1. The number of hydrogen-bond acceptors (Lipinski definition) is 5. The van der Waals surface area contributed by atoms with E-state index in [0.717, 1.165) is 50.4 Å². The predicted octanol–water partition coefficient (Wildman–Crippen LogP) is 3.66. The third-order valence-electron chi connectivity index (χ3n) is 6.34. The van der Waals surface area contributed by atoms with Crippen molar-refractivity contribution in [3.05, 3.63) is 59.9 Å². The zero-order valence-corrected chi connectivity index (χ0v) is 18.2. The van der Waals surface area contributed by atoms with Crippen LogP contribution < -0.4 is 4.90 Å². The van der Waals surface area contributed by atoms with E-state index in [1.807, 2.05) is 24.3 Å². The van der Waals surface area contributed by atoms with Crippen LogP contribution in [0.15, 0.2) is 53.4 Å². The van der Waals surface area contributed by atoms with Crippen molar-refractivity contribution in [2.75, 3.05) is 44.7 Å². The Morgan fingerprint density at radius 3 is 2.43 bits per heavy atom. The molecule has 5 nitrogen and oxygen atoms in total. The van der Waals surface area contributed by atoms with Crippen molar-refractivity contribution >= 4 is 15.5 Å². The molecule has 2 heterocycles. The summed E-state index contributed by atoms with van der Waals surface area (Å²) in [5.41, 5.74) is 1.83. The van der Waals surface area contributed by atoms with Crippen molar-refractivity contribution in [3.63, 3.8) is 0 Å². The van der Waals surface area contributed by atoms with Crippen molar-refractivity contribution in [1.29, 1.82) is 0 Å². The molecule has 0 spiro atoms. The Hall–Kier alpha value is -1.96. The van der Waals surface area contributed by atoms with Crippen molar-refractivity contribution < 1.29 is 17.5 Å². The lowest BCUT2D eigenvalue weighted by Gasteiger charge is -2.36. The van der Waals surface area contributed by atoms with Crippen LogP contribution in [0.2, 0.25) is 0 Å². The maximum atomic E-state index is 13.1. The Morgan fingerprint density at radius 2 is 1.73 bits per heavy atom. The third kappa shape index (κ3) is 4.38. The Labute approximate surface area is 178 Å². The number of benzene rings is 2. The number of anilines is 1. The second-order valence-electron chi connectivity index (χ2n) is 8.11. The van der Waals surface area contributed by atoms with Gasteiger partial charge in [-0.2, -0.15) is 0 Å². The first-order valence-electron chi connectivity index (χ1n) is 10.6. The first-order chi connectivity index (χ1) is 14.5. The van der Waals surface area contributed by atoms with Gasteiger partial charge in [-0.1, -0.05) is 18.2 Å². The molecule has 0 radical (unpaired) electrons. The monoisotopic (exact) mass is 432 g/mol. The fourth-order valence-electron chi connectivity index (χ4n) is 4.60. The topological polar surface area (TPSA) is 49.9 Å². The lowest BCUT2D eigenvalue weighted by Crippen LogP contribution is -2.46. The molecule has 4 rings (SSSR count). The molecule has 0 N–H and O–H groups in total. The van der Waals surface area contributed by atoms with E-state index in [0.29, 0.717) is 17.7 Å². The molecule has 2 unspecified atom stereocenters. The number of methoxy groups -OCH3 is 1. The SMILES string of the molecule is COC1CC(CCCN2CCN(c3ccc(F)cc3)CC2)S(=O)(=O)c2ccccc21. The van der Waals surface area contributed by atoms with Gasteiger partial charge in [-0.3, -0.25) is 4.90 Å². The van der Waals surface area contributed by atoms with E-state index in [-0.39, 0.29) is 11.9 Å². The van der Waals surface area contributed by atoms with Crippen LogP contribution in [-0.2, 0) is 14.6 Å². The van der Waals surface area contributed by atoms with E-state index in [1.165, 1.54) is 12.1 Å². The van der Waals surface area contributed by atoms with E-state index < -0.39 is 15.1 Å². The summed E-state index contributed by atoms with van der Waals surface area (Å²) in [6.07, 6.45) is 1.86. The lowest BCUT2D eigenvalue weighted by atomic mass is 10.0. The minimum atomic E-state index is -3.31. The zero-order chi connectivity index (χ0) is 21.1. The zero-order valence-electron chi connectivity index (χ0n) is 17.3. The van der Waals surface area contributed by atoms with Gasteiger partial charge in [0.15, 0.2) is 9.84 Å². The maximum absolute atomic E-state index is 13.1. The minimum Gasteiger partial charge on any atom is -0.377 e. The fraction of sp³-hybridized carbons (Fsp3) is 0.478. The summed E-state index contributed by atoms with van der Waals surface area (Å²) in [6.45, 7) is 4.54. The van der Waals surface area contributed by atoms with E-state index in [2.05, 4.69) is 9.80 Å².